The Kier molecular flexibility index (Phi) is 3.74. The summed E-state index contributed by atoms with van der Waals surface area (Å²) < 4.78 is 43.9. The smallest absolute Gasteiger partial charge is 0.377 e. The van der Waals surface area contributed by atoms with Crippen molar-refractivity contribution in [3.05, 3.63) is 11.5 Å². The molecule has 18 heavy (non-hydrogen) atoms. The van der Waals surface area contributed by atoms with Gasteiger partial charge in [-0.2, -0.15) is 13.2 Å². The summed E-state index contributed by atoms with van der Waals surface area (Å²) in [6.45, 7) is -0.0782. The molecular weight excluding hydrogens is 287 g/mol. The Morgan fingerprint density at radius 3 is 2.56 bits per heavy atom. The fourth-order valence-corrected chi connectivity index (χ4v) is 2.83. The molecule has 0 saturated heterocycles. The third kappa shape index (κ3) is 2.57. The molecule has 2 aromatic heterocycles. The molecule has 0 aromatic carbocycles. The molecule has 0 atom stereocenters. The third-order valence-electron chi connectivity index (χ3n) is 2.00. The first-order chi connectivity index (χ1) is 8.45. The zero-order valence-electron chi connectivity index (χ0n) is 9.41. The van der Waals surface area contributed by atoms with Crippen LogP contribution in [0.2, 0.25) is 0 Å². The van der Waals surface area contributed by atoms with Crippen LogP contribution >= 0.6 is 23.1 Å². The van der Waals surface area contributed by atoms with Crippen LogP contribution in [0.1, 0.15) is 11.5 Å². The number of halogens is 3. The first kappa shape index (κ1) is 13.5. The van der Waals surface area contributed by atoms with Crippen LogP contribution in [0.4, 0.5) is 13.2 Å². The molecule has 0 aliphatic carbocycles. The average Bonchev–Trinajstić information content (AvgIpc) is 2.69. The number of hydrogen-bond donors (Lipinski definition) is 0. The Balaban J connectivity index is 2.67. The van der Waals surface area contributed by atoms with Crippen LogP contribution in [-0.4, -0.2) is 28.3 Å². The summed E-state index contributed by atoms with van der Waals surface area (Å²) in [5, 5.41) is 0. The van der Waals surface area contributed by atoms with Gasteiger partial charge in [-0.25, -0.2) is 15.0 Å². The van der Waals surface area contributed by atoms with Crippen LogP contribution in [0.5, 0.6) is 0 Å². The van der Waals surface area contributed by atoms with Crippen molar-refractivity contribution in [1.29, 1.82) is 0 Å². The Morgan fingerprint density at radius 1 is 1.28 bits per heavy atom. The fraction of sp³-hybridized carbons (Fsp3) is 0.444. The highest BCUT2D eigenvalue weighted by molar-refractivity contribution is 8.00. The van der Waals surface area contributed by atoms with E-state index in [0.717, 1.165) is 11.3 Å². The van der Waals surface area contributed by atoms with Crippen molar-refractivity contribution >= 4 is 33.4 Å². The predicted molar refractivity (Wildman–Crippen MR) is 62.7 cm³/mol. The second-order valence-corrected chi connectivity index (χ2v) is 5.31. The lowest BCUT2D eigenvalue weighted by molar-refractivity contribution is -0.139. The summed E-state index contributed by atoms with van der Waals surface area (Å²) in [6, 6.07) is 0. The molecule has 0 radical (unpaired) electrons. The van der Waals surface area contributed by atoms with E-state index in [0.29, 0.717) is 4.34 Å². The van der Waals surface area contributed by atoms with E-state index >= 15 is 0 Å². The maximum atomic E-state index is 12.9. The Hall–Kier alpha value is -0.930. The minimum atomic E-state index is -4.52. The molecule has 0 fully saturated rings. The lowest BCUT2D eigenvalue weighted by Gasteiger charge is -2.07. The minimum absolute atomic E-state index is 0.0183. The largest absolute Gasteiger partial charge is 0.434 e. The number of rotatable bonds is 3. The van der Waals surface area contributed by atoms with Gasteiger partial charge in [-0.3, -0.25) is 0 Å². The van der Waals surface area contributed by atoms with E-state index in [-0.39, 0.29) is 22.8 Å². The number of aromatic nitrogens is 3. The van der Waals surface area contributed by atoms with Crippen molar-refractivity contribution in [3.63, 3.8) is 0 Å². The zero-order valence-corrected chi connectivity index (χ0v) is 11.0. The van der Waals surface area contributed by atoms with Gasteiger partial charge in [0.05, 0.1) is 0 Å². The molecule has 0 amide bonds. The molecule has 0 unspecified atom stereocenters. The molecule has 2 heterocycles. The van der Waals surface area contributed by atoms with Gasteiger partial charge in [0.2, 0.25) is 0 Å². The van der Waals surface area contributed by atoms with E-state index in [4.69, 9.17) is 4.74 Å². The number of fused-ring (bicyclic) bond motifs is 1. The number of alkyl halides is 3. The molecular formula is C9H8F3N3OS2. The van der Waals surface area contributed by atoms with Crippen molar-refractivity contribution in [2.75, 3.05) is 13.4 Å². The normalized spacial score (nSPS) is 12.3. The molecule has 2 aromatic rings. The van der Waals surface area contributed by atoms with Crippen LogP contribution in [0, 0.1) is 0 Å². The number of ether oxygens (including phenoxy) is 1. The summed E-state index contributed by atoms with van der Waals surface area (Å²) in [4.78, 5) is 11.5. The average molecular weight is 295 g/mol. The molecule has 0 saturated carbocycles. The van der Waals surface area contributed by atoms with Crippen LogP contribution in [0.25, 0.3) is 10.3 Å². The lowest BCUT2D eigenvalue weighted by atomic mass is 10.3. The SMILES string of the molecule is COCc1nc(C(F)(F)F)c2sc(SC)nc2n1. The van der Waals surface area contributed by atoms with Gasteiger partial charge in [-0.1, -0.05) is 11.8 Å². The van der Waals surface area contributed by atoms with E-state index in [1.807, 2.05) is 0 Å². The molecule has 0 N–H and O–H groups in total. The van der Waals surface area contributed by atoms with E-state index < -0.39 is 11.9 Å². The summed E-state index contributed by atoms with van der Waals surface area (Å²) in [5.74, 6) is -0.0183. The van der Waals surface area contributed by atoms with Crippen LogP contribution < -0.4 is 0 Å². The van der Waals surface area contributed by atoms with E-state index in [9.17, 15) is 13.2 Å². The second kappa shape index (κ2) is 4.98. The Bertz CT molecular complexity index is 570. The number of thioether (sulfide) groups is 1. The Labute approximate surface area is 109 Å². The highest BCUT2D eigenvalue weighted by Gasteiger charge is 2.36. The van der Waals surface area contributed by atoms with E-state index in [1.54, 1.807) is 6.26 Å². The molecule has 0 spiro atoms. The molecule has 9 heteroatoms. The van der Waals surface area contributed by atoms with Crippen molar-refractivity contribution in [3.8, 4) is 0 Å². The minimum Gasteiger partial charge on any atom is -0.377 e. The van der Waals surface area contributed by atoms with Crippen molar-refractivity contribution < 1.29 is 17.9 Å². The van der Waals surface area contributed by atoms with Crippen LogP contribution in [0.3, 0.4) is 0 Å². The molecule has 2 rings (SSSR count). The zero-order chi connectivity index (χ0) is 13.3. The van der Waals surface area contributed by atoms with Crippen LogP contribution in [-0.2, 0) is 17.5 Å². The molecule has 98 valence electrons. The van der Waals surface area contributed by atoms with Crippen molar-refractivity contribution in [1.82, 2.24) is 15.0 Å². The lowest BCUT2D eigenvalue weighted by Crippen LogP contribution is -2.11. The topological polar surface area (TPSA) is 47.9 Å². The van der Waals surface area contributed by atoms with Crippen LogP contribution in [0.15, 0.2) is 4.34 Å². The van der Waals surface area contributed by atoms with Crippen molar-refractivity contribution in [2.24, 2.45) is 0 Å². The molecule has 0 aliphatic rings. The first-order valence-electron chi connectivity index (χ1n) is 4.73. The summed E-state index contributed by atoms with van der Waals surface area (Å²) in [5.41, 5.74) is -0.879. The van der Waals surface area contributed by atoms with Gasteiger partial charge in [0.1, 0.15) is 11.3 Å². The second-order valence-electron chi connectivity index (χ2n) is 3.26. The van der Waals surface area contributed by atoms with Gasteiger partial charge < -0.3 is 4.74 Å². The van der Waals surface area contributed by atoms with Gasteiger partial charge in [0.15, 0.2) is 21.5 Å². The highest BCUT2D eigenvalue weighted by Crippen LogP contribution is 2.37. The monoisotopic (exact) mass is 295 g/mol. The third-order valence-corrected chi connectivity index (χ3v) is 4.03. The number of thiazole rings is 1. The molecule has 0 bridgehead atoms. The summed E-state index contributed by atoms with van der Waals surface area (Å²) >= 11 is 2.22. The standard InChI is InChI=1S/C9H8F3N3OS2/c1-16-3-4-13-6(9(10,11)12)5-7(14-4)15-8(17-2)18-5/h3H2,1-2H3. The highest BCUT2D eigenvalue weighted by atomic mass is 32.2. The quantitative estimate of drug-likeness (QED) is 0.815. The number of nitrogens with zero attached hydrogens (tertiary/aromatic N) is 3. The Morgan fingerprint density at radius 2 is 2.00 bits per heavy atom. The van der Waals surface area contributed by atoms with Gasteiger partial charge in [-0.05, 0) is 6.26 Å². The summed E-state index contributed by atoms with van der Waals surface area (Å²) in [6.07, 6.45) is -2.78. The molecule has 0 aliphatic heterocycles. The number of hydrogen-bond acceptors (Lipinski definition) is 6. The van der Waals surface area contributed by atoms with Gasteiger partial charge in [-0.15, -0.1) is 11.3 Å². The summed E-state index contributed by atoms with van der Waals surface area (Å²) in [7, 11) is 1.37. The van der Waals surface area contributed by atoms with Crippen molar-refractivity contribution in [2.45, 2.75) is 17.1 Å². The molecule has 4 nitrogen and oxygen atoms in total. The van der Waals surface area contributed by atoms with Gasteiger partial charge >= 0.3 is 6.18 Å². The number of methoxy groups -OCH3 is 1. The van der Waals surface area contributed by atoms with E-state index in [1.165, 1.54) is 18.9 Å². The van der Waals surface area contributed by atoms with Gasteiger partial charge in [0, 0.05) is 7.11 Å². The maximum absolute atomic E-state index is 12.9. The first-order valence-corrected chi connectivity index (χ1v) is 6.77. The van der Waals surface area contributed by atoms with Gasteiger partial charge in [0.25, 0.3) is 0 Å². The van der Waals surface area contributed by atoms with E-state index in [2.05, 4.69) is 15.0 Å². The fourth-order valence-electron chi connectivity index (χ4n) is 1.32. The maximum Gasteiger partial charge on any atom is 0.434 e. The predicted octanol–water partition coefficient (Wildman–Crippen LogP) is 2.97.